The second-order valence-electron chi connectivity index (χ2n) is 5.27. The Hall–Kier alpha value is -2.34. The summed E-state index contributed by atoms with van der Waals surface area (Å²) in [5.74, 6) is 1.35. The fourth-order valence-corrected chi connectivity index (χ4v) is 2.50. The van der Waals surface area contributed by atoms with Crippen molar-refractivity contribution >= 4 is 34.4 Å². The van der Waals surface area contributed by atoms with Gasteiger partial charge in [0, 0.05) is 25.2 Å². The van der Waals surface area contributed by atoms with Crippen LogP contribution in [0.5, 0.6) is 0 Å². The van der Waals surface area contributed by atoms with Crippen molar-refractivity contribution in [3.05, 3.63) is 41.0 Å². The number of halogens is 1. The van der Waals surface area contributed by atoms with E-state index in [0.29, 0.717) is 12.5 Å². The molecular formula is C16H19ClN6. The Bertz CT molecular complexity index is 813. The van der Waals surface area contributed by atoms with Gasteiger partial charge >= 0.3 is 0 Å². The van der Waals surface area contributed by atoms with Crippen molar-refractivity contribution in [2.45, 2.75) is 19.9 Å². The number of hydrogen-bond donors (Lipinski definition) is 2. The van der Waals surface area contributed by atoms with Crippen LogP contribution in [0.4, 0.5) is 11.8 Å². The van der Waals surface area contributed by atoms with Crippen LogP contribution in [0.25, 0.3) is 11.0 Å². The Kier molecular flexibility index (Phi) is 4.62. The number of anilines is 2. The van der Waals surface area contributed by atoms with Crippen LogP contribution in [0.2, 0.25) is 5.02 Å². The van der Waals surface area contributed by atoms with Crippen LogP contribution < -0.4 is 10.6 Å². The van der Waals surface area contributed by atoms with Gasteiger partial charge in [0.15, 0.2) is 5.65 Å². The number of fused-ring (bicyclic) bond motifs is 1. The van der Waals surface area contributed by atoms with E-state index in [1.165, 1.54) is 0 Å². The molecule has 0 bridgehead atoms. The Morgan fingerprint density at radius 1 is 1.17 bits per heavy atom. The maximum Gasteiger partial charge on any atom is 0.226 e. The Balaban J connectivity index is 1.90. The minimum atomic E-state index is 0.591. The number of hydrogen-bond acceptors (Lipinski definition) is 5. The van der Waals surface area contributed by atoms with Gasteiger partial charge in [-0.25, -0.2) is 0 Å². The van der Waals surface area contributed by atoms with E-state index in [2.05, 4.69) is 32.6 Å². The van der Waals surface area contributed by atoms with Gasteiger partial charge in [0.1, 0.15) is 5.82 Å². The third kappa shape index (κ3) is 3.37. The van der Waals surface area contributed by atoms with Gasteiger partial charge in [-0.2, -0.15) is 15.1 Å². The molecule has 120 valence electrons. The van der Waals surface area contributed by atoms with E-state index in [1.54, 1.807) is 10.9 Å². The molecule has 2 heterocycles. The number of aromatic nitrogens is 4. The summed E-state index contributed by atoms with van der Waals surface area (Å²) in [6.45, 7) is 3.52. The molecule has 3 rings (SSSR count). The molecule has 0 amide bonds. The van der Waals surface area contributed by atoms with Crippen molar-refractivity contribution in [3.8, 4) is 0 Å². The molecule has 1 aromatic carbocycles. The number of aryl methyl sites for hydroxylation is 1. The molecule has 23 heavy (non-hydrogen) atoms. The molecule has 2 N–H and O–H groups in total. The number of rotatable bonds is 6. The van der Waals surface area contributed by atoms with Crippen molar-refractivity contribution < 1.29 is 0 Å². The molecule has 0 fully saturated rings. The molecular weight excluding hydrogens is 312 g/mol. The summed E-state index contributed by atoms with van der Waals surface area (Å²) >= 11 is 6.21. The summed E-state index contributed by atoms with van der Waals surface area (Å²) in [4.78, 5) is 9.08. The molecule has 0 aliphatic heterocycles. The van der Waals surface area contributed by atoms with Crippen molar-refractivity contribution in [1.82, 2.24) is 19.7 Å². The average molecular weight is 331 g/mol. The van der Waals surface area contributed by atoms with Crippen LogP contribution in [-0.4, -0.2) is 26.3 Å². The average Bonchev–Trinajstić information content (AvgIpc) is 2.93. The van der Waals surface area contributed by atoms with E-state index in [-0.39, 0.29) is 0 Å². The van der Waals surface area contributed by atoms with E-state index in [4.69, 9.17) is 11.6 Å². The fraction of sp³-hybridized carbons (Fsp3) is 0.312. The van der Waals surface area contributed by atoms with Gasteiger partial charge in [-0.15, -0.1) is 0 Å². The predicted octanol–water partition coefficient (Wildman–Crippen LogP) is 3.45. The molecule has 2 aromatic heterocycles. The van der Waals surface area contributed by atoms with Crippen molar-refractivity contribution in [2.75, 3.05) is 17.2 Å². The SMILES string of the molecule is CCCNc1nc(NCc2ccccc2Cl)c2cnn(C)c2n1. The molecule has 0 atom stereocenters. The zero-order chi connectivity index (χ0) is 16.2. The largest absolute Gasteiger partial charge is 0.365 e. The molecule has 7 heteroatoms. The van der Waals surface area contributed by atoms with Gasteiger partial charge in [0.05, 0.1) is 11.6 Å². The van der Waals surface area contributed by atoms with Crippen LogP contribution >= 0.6 is 11.6 Å². The summed E-state index contributed by atoms with van der Waals surface area (Å²) in [6.07, 6.45) is 2.78. The lowest BCUT2D eigenvalue weighted by Crippen LogP contribution is -2.09. The zero-order valence-electron chi connectivity index (χ0n) is 13.2. The summed E-state index contributed by atoms with van der Waals surface area (Å²) in [5.41, 5.74) is 1.81. The first kappa shape index (κ1) is 15.6. The molecule has 0 radical (unpaired) electrons. The van der Waals surface area contributed by atoms with E-state index < -0.39 is 0 Å². The number of benzene rings is 1. The van der Waals surface area contributed by atoms with Gasteiger partial charge in [-0.3, -0.25) is 4.68 Å². The van der Waals surface area contributed by atoms with Crippen LogP contribution in [0.3, 0.4) is 0 Å². The highest BCUT2D eigenvalue weighted by Crippen LogP contribution is 2.23. The van der Waals surface area contributed by atoms with Crippen LogP contribution in [0.1, 0.15) is 18.9 Å². The molecule has 0 saturated carbocycles. The van der Waals surface area contributed by atoms with E-state index in [0.717, 1.165) is 40.4 Å². The van der Waals surface area contributed by atoms with Crippen molar-refractivity contribution in [2.24, 2.45) is 7.05 Å². The second kappa shape index (κ2) is 6.83. The standard InChI is InChI=1S/C16H19ClN6/c1-3-8-18-16-21-14(12-10-20-23(2)15(12)22-16)19-9-11-6-4-5-7-13(11)17/h4-7,10H,3,8-9H2,1-2H3,(H2,18,19,21,22). The van der Waals surface area contributed by atoms with Crippen LogP contribution in [0.15, 0.2) is 30.5 Å². The Labute approximate surface area is 139 Å². The number of nitrogens with one attached hydrogen (secondary N) is 2. The highest BCUT2D eigenvalue weighted by atomic mass is 35.5. The van der Waals surface area contributed by atoms with Crippen LogP contribution in [0, 0.1) is 0 Å². The lowest BCUT2D eigenvalue weighted by atomic mass is 10.2. The summed E-state index contributed by atoms with van der Waals surface area (Å²) < 4.78 is 1.74. The summed E-state index contributed by atoms with van der Waals surface area (Å²) in [5, 5.41) is 12.5. The first-order valence-electron chi connectivity index (χ1n) is 7.60. The minimum Gasteiger partial charge on any atom is -0.365 e. The molecule has 0 aliphatic carbocycles. The second-order valence-corrected chi connectivity index (χ2v) is 5.68. The van der Waals surface area contributed by atoms with E-state index in [1.807, 2.05) is 31.3 Å². The molecule has 0 unspecified atom stereocenters. The van der Waals surface area contributed by atoms with Crippen molar-refractivity contribution in [3.63, 3.8) is 0 Å². The van der Waals surface area contributed by atoms with Gasteiger partial charge in [-0.05, 0) is 18.1 Å². The van der Waals surface area contributed by atoms with Crippen molar-refractivity contribution in [1.29, 1.82) is 0 Å². The quantitative estimate of drug-likeness (QED) is 0.724. The van der Waals surface area contributed by atoms with Gasteiger partial charge in [0.25, 0.3) is 0 Å². The Morgan fingerprint density at radius 3 is 2.78 bits per heavy atom. The monoisotopic (exact) mass is 330 g/mol. The summed E-state index contributed by atoms with van der Waals surface area (Å²) in [6, 6.07) is 7.76. The lowest BCUT2D eigenvalue weighted by Gasteiger charge is -2.10. The topological polar surface area (TPSA) is 67.7 Å². The Morgan fingerprint density at radius 2 is 2.00 bits per heavy atom. The van der Waals surface area contributed by atoms with Gasteiger partial charge in [-0.1, -0.05) is 36.7 Å². The fourth-order valence-electron chi connectivity index (χ4n) is 2.29. The third-order valence-corrected chi connectivity index (χ3v) is 3.90. The molecule has 0 saturated heterocycles. The summed E-state index contributed by atoms with van der Waals surface area (Å²) in [7, 11) is 1.87. The lowest BCUT2D eigenvalue weighted by molar-refractivity contribution is 0.785. The highest BCUT2D eigenvalue weighted by Gasteiger charge is 2.11. The van der Waals surface area contributed by atoms with Crippen LogP contribution in [-0.2, 0) is 13.6 Å². The highest BCUT2D eigenvalue weighted by molar-refractivity contribution is 6.31. The maximum absolute atomic E-state index is 6.21. The normalized spacial score (nSPS) is 10.9. The molecule has 6 nitrogen and oxygen atoms in total. The molecule has 0 spiro atoms. The maximum atomic E-state index is 6.21. The number of nitrogens with zero attached hydrogens (tertiary/aromatic N) is 4. The van der Waals surface area contributed by atoms with E-state index in [9.17, 15) is 0 Å². The smallest absolute Gasteiger partial charge is 0.226 e. The zero-order valence-corrected chi connectivity index (χ0v) is 13.9. The minimum absolute atomic E-state index is 0.591. The first-order valence-corrected chi connectivity index (χ1v) is 7.97. The first-order chi connectivity index (χ1) is 11.2. The van der Waals surface area contributed by atoms with Gasteiger partial charge in [0.2, 0.25) is 5.95 Å². The predicted molar refractivity (Wildman–Crippen MR) is 93.9 cm³/mol. The van der Waals surface area contributed by atoms with E-state index >= 15 is 0 Å². The van der Waals surface area contributed by atoms with Gasteiger partial charge < -0.3 is 10.6 Å². The molecule has 3 aromatic rings. The molecule has 0 aliphatic rings. The third-order valence-electron chi connectivity index (χ3n) is 3.53.